The second kappa shape index (κ2) is 5.89. The van der Waals surface area contributed by atoms with Crippen LogP contribution in [0.25, 0.3) is 0 Å². The highest BCUT2D eigenvalue weighted by Gasteiger charge is 2.22. The summed E-state index contributed by atoms with van der Waals surface area (Å²) in [6.07, 6.45) is 1.31. The Hall–Kier alpha value is 0.270. The van der Waals surface area contributed by atoms with Gasteiger partial charge < -0.3 is 10.1 Å². The average Bonchev–Trinajstić information content (AvgIpc) is 2.48. The zero-order valence-electron chi connectivity index (χ0n) is 8.88. The van der Waals surface area contributed by atoms with Crippen molar-refractivity contribution in [2.45, 2.75) is 44.5 Å². The van der Waals surface area contributed by atoms with E-state index in [1.807, 2.05) is 6.92 Å². The van der Waals surface area contributed by atoms with Crippen LogP contribution >= 0.6 is 11.8 Å². The maximum Gasteiger partial charge on any atom is 0.0616 e. The van der Waals surface area contributed by atoms with Crippen molar-refractivity contribution >= 4 is 11.8 Å². The van der Waals surface area contributed by atoms with Gasteiger partial charge in [-0.3, -0.25) is 0 Å². The number of nitrogens with one attached hydrogen (secondary N) is 1. The molecule has 3 unspecified atom stereocenters. The van der Waals surface area contributed by atoms with Crippen LogP contribution in [-0.4, -0.2) is 36.3 Å². The molecule has 0 saturated carbocycles. The smallest absolute Gasteiger partial charge is 0.0616 e. The number of hydrogen-bond donors (Lipinski definition) is 1. The van der Waals surface area contributed by atoms with Crippen molar-refractivity contribution in [3.8, 4) is 0 Å². The van der Waals surface area contributed by atoms with E-state index in [1.54, 1.807) is 0 Å². The van der Waals surface area contributed by atoms with E-state index in [0.29, 0.717) is 12.1 Å². The van der Waals surface area contributed by atoms with Crippen LogP contribution in [0.15, 0.2) is 0 Å². The second-order valence-electron chi connectivity index (χ2n) is 3.80. The van der Waals surface area contributed by atoms with E-state index in [-0.39, 0.29) is 0 Å². The first-order chi connectivity index (χ1) is 6.22. The average molecular weight is 203 g/mol. The minimum atomic E-state index is 0.496. The maximum absolute atomic E-state index is 5.36. The van der Waals surface area contributed by atoms with Crippen molar-refractivity contribution in [3.05, 3.63) is 0 Å². The molecule has 78 valence electrons. The molecule has 1 fully saturated rings. The van der Waals surface area contributed by atoms with Crippen molar-refractivity contribution in [3.63, 3.8) is 0 Å². The molecule has 13 heavy (non-hydrogen) atoms. The molecule has 2 nitrogen and oxygen atoms in total. The zero-order chi connectivity index (χ0) is 9.68. The normalized spacial score (nSPS) is 30.7. The second-order valence-corrected chi connectivity index (χ2v) is 5.28. The highest BCUT2D eigenvalue weighted by Crippen LogP contribution is 2.26. The Labute approximate surface area is 85.8 Å². The Morgan fingerprint density at radius 3 is 2.92 bits per heavy atom. The molecule has 0 aromatic rings. The molecular formula is C10H21NOS. The molecule has 1 saturated heterocycles. The first-order valence-corrected chi connectivity index (χ1v) is 6.22. The van der Waals surface area contributed by atoms with E-state index in [9.17, 15) is 0 Å². The first-order valence-electron chi connectivity index (χ1n) is 5.17. The van der Waals surface area contributed by atoms with Gasteiger partial charge in [0.2, 0.25) is 0 Å². The Bertz CT molecular complexity index is 143. The molecule has 1 N–H and O–H groups in total. The molecule has 0 aliphatic carbocycles. The summed E-state index contributed by atoms with van der Waals surface area (Å²) < 4.78 is 5.36. The van der Waals surface area contributed by atoms with Gasteiger partial charge in [0.1, 0.15) is 0 Å². The van der Waals surface area contributed by atoms with Crippen molar-refractivity contribution in [1.82, 2.24) is 5.32 Å². The molecule has 1 aliphatic heterocycles. The van der Waals surface area contributed by atoms with Gasteiger partial charge in [-0.15, -0.1) is 0 Å². The van der Waals surface area contributed by atoms with Crippen LogP contribution in [0, 0.1) is 0 Å². The molecule has 1 rings (SSSR count). The number of rotatable bonds is 5. The number of hydrogen-bond acceptors (Lipinski definition) is 3. The predicted molar refractivity (Wildman–Crippen MR) is 59.4 cm³/mol. The summed E-state index contributed by atoms with van der Waals surface area (Å²) >= 11 is 2.07. The molecule has 0 aromatic carbocycles. The van der Waals surface area contributed by atoms with E-state index in [1.165, 1.54) is 12.2 Å². The summed E-state index contributed by atoms with van der Waals surface area (Å²) in [6.45, 7) is 8.21. The third-order valence-electron chi connectivity index (χ3n) is 2.29. The van der Waals surface area contributed by atoms with Gasteiger partial charge in [0.15, 0.2) is 0 Å². The summed E-state index contributed by atoms with van der Waals surface area (Å²) in [5.41, 5.74) is 0. The van der Waals surface area contributed by atoms with E-state index >= 15 is 0 Å². The molecule has 3 atom stereocenters. The van der Waals surface area contributed by atoms with Gasteiger partial charge in [0.25, 0.3) is 0 Å². The monoisotopic (exact) mass is 203 g/mol. The quantitative estimate of drug-likeness (QED) is 0.737. The van der Waals surface area contributed by atoms with Gasteiger partial charge >= 0.3 is 0 Å². The molecule has 0 amide bonds. The fourth-order valence-corrected chi connectivity index (χ4v) is 2.84. The van der Waals surface area contributed by atoms with Crippen molar-refractivity contribution in [1.29, 1.82) is 0 Å². The molecule has 0 aromatic heterocycles. The van der Waals surface area contributed by atoms with E-state index in [0.717, 1.165) is 18.5 Å². The van der Waals surface area contributed by atoms with Crippen molar-refractivity contribution in [2.24, 2.45) is 0 Å². The summed E-state index contributed by atoms with van der Waals surface area (Å²) in [4.78, 5) is 0. The minimum absolute atomic E-state index is 0.496. The number of ether oxygens (including phenoxy) is 1. The lowest BCUT2D eigenvalue weighted by Crippen LogP contribution is -2.39. The molecule has 1 aliphatic rings. The standard InChI is InChI=1S/C10H21NOS/c1-4-12-6-8(2)11-10-5-9(3)13-7-10/h8-11H,4-7H2,1-3H3. The minimum Gasteiger partial charge on any atom is -0.380 e. The van der Waals surface area contributed by atoms with Crippen molar-refractivity contribution in [2.75, 3.05) is 19.0 Å². The van der Waals surface area contributed by atoms with Crippen molar-refractivity contribution < 1.29 is 4.74 Å². The molecule has 0 spiro atoms. The third kappa shape index (κ3) is 4.34. The summed E-state index contributed by atoms with van der Waals surface area (Å²) in [7, 11) is 0. The largest absolute Gasteiger partial charge is 0.380 e. The summed E-state index contributed by atoms with van der Waals surface area (Å²) in [5, 5.41) is 4.43. The van der Waals surface area contributed by atoms with Gasteiger partial charge in [-0.25, -0.2) is 0 Å². The van der Waals surface area contributed by atoms with Gasteiger partial charge in [-0.05, 0) is 20.3 Å². The Kier molecular flexibility index (Phi) is 5.14. The van der Waals surface area contributed by atoms with Gasteiger partial charge in [0.05, 0.1) is 6.61 Å². The molecule has 3 heteroatoms. The van der Waals surface area contributed by atoms with Crippen LogP contribution in [0.1, 0.15) is 27.2 Å². The van der Waals surface area contributed by atoms with Crippen LogP contribution in [0.2, 0.25) is 0 Å². The van der Waals surface area contributed by atoms with E-state index in [2.05, 4.69) is 30.9 Å². The Morgan fingerprint density at radius 1 is 1.62 bits per heavy atom. The molecule has 1 heterocycles. The lowest BCUT2D eigenvalue weighted by Gasteiger charge is -2.18. The van der Waals surface area contributed by atoms with Crippen LogP contribution < -0.4 is 5.32 Å². The maximum atomic E-state index is 5.36. The van der Waals surface area contributed by atoms with Crippen LogP contribution in [0.3, 0.4) is 0 Å². The Balaban J connectivity index is 2.09. The van der Waals surface area contributed by atoms with Gasteiger partial charge in [-0.2, -0.15) is 11.8 Å². The molecular weight excluding hydrogens is 182 g/mol. The highest BCUT2D eigenvalue weighted by atomic mass is 32.2. The molecule has 0 radical (unpaired) electrons. The predicted octanol–water partition coefficient (Wildman–Crippen LogP) is 1.89. The van der Waals surface area contributed by atoms with Crippen LogP contribution in [-0.2, 0) is 4.74 Å². The number of thioether (sulfide) groups is 1. The first kappa shape index (κ1) is 11.3. The lowest BCUT2D eigenvalue weighted by atomic mass is 10.2. The molecule has 0 bridgehead atoms. The van der Waals surface area contributed by atoms with E-state index in [4.69, 9.17) is 4.74 Å². The SMILES string of the molecule is CCOCC(C)NC1CSC(C)C1. The zero-order valence-corrected chi connectivity index (χ0v) is 9.69. The van der Waals surface area contributed by atoms with Crippen LogP contribution in [0.4, 0.5) is 0 Å². The van der Waals surface area contributed by atoms with Gasteiger partial charge in [-0.1, -0.05) is 6.92 Å². The van der Waals surface area contributed by atoms with Gasteiger partial charge in [0, 0.05) is 29.7 Å². The summed E-state index contributed by atoms with van der Waals surface area (Å²) in [5.74, 6) is 1.26. The summed E-state index contributed by atoms with van der Waals surface area (Å²) in [6, 6.07) is 1.20. The lowest BCUT2D eigenvalue weighted by molar-refractivity contribution is 0.124. The fourth-order valence-electron chi connectivity index (χ4n) is 1.68. The fraction of sp³-hybridized carbons (Fsp3) is 1.00. The Morgan fingerprint density at radius 2 is 2.38 bits per heavy atom. The van der Waals surface area contributed by atoms with E-state index < -0.39 is 0 Å². The highest BCUT2D eigenvalue weighted by molar-refractivity contribution is 8.00. The van der Waals surface area contributed by atoms with Crippen LogP contribution in [0.5, 0.6) is 0 Å². The third-order valence-corrected chi connectivity index (χ3v) is 3.65. The topological polar surface area (TPSA) is 21.3 Å².